The van der Waals surface area contributed by atoms with E-state index >= 15 is 0 Å². The summed E-state index contributed by atoms with van der Waals surface area (Å²) >= 11 is 5.86. The Balaban J connectivity index is 2.04. The lowest BCUT2D eigenvalue weighted by molar-refractivity contribution is -0.0498. The molecule has 1 unspecified atom stereocenters. The number of benzene rings is 1. The van der Waals surface area contributed by atoms with Crippen molar-refractivity contribution in [2.45, 2.75) is 32.8 Å². The van der Waals surface area contributed by atoms with Gasteiger partial charge in [0, 0.05) is 5.02 Å². The summed E-state index contributed by atoms with van der Waals surface area (Å²) in [4.78, 5) is 0. The van der Waals surface area contributed by atoms with Crippen molar-refractivity contribution in [3.8, 4) is 0 Å². The smallest absolute Gasteiger partial charge is 0.0825 e. The molecule has 0 bridgehead atoms. The van der Waals surface area contributed by atoms with E-state index < -0.39 is 0 Å². The SMILES string of the molecule is CC1(C)CCC(c2ccc(Cl)cc2)OC1. The van der Waals surface area contributed by atoms with E-state index in [9.17, 15) is 0 Å². The van der Waals surface area contributed by atoms with Crippen LogP contribution in [-0.2, 0) is 4.74 Å². The van der Waals surface area contributed by atoms with Gasteiger partial charge in [0.05, 0.1) is 12.7 Å². The quantitative estimate of drug-likeness (QED) is 0.694. The number of hydrogen-bond donors (Lipinski definition) is 0. The van der Waals surface area contributed by atoms with E-state index in [1.165, 1.54) is 12.0 Å². The third-order valence-electron chi connectivity index (χ3n) is 3.00. The van der Waals surface area contributed by atoms with Crippen LogP contribution in [0.15, 0.2) is 24.3 Å². The minimum absolute atomic E-state index is 0.260. The van der Waals surface area contributed by atoms with Crippen LogP contribution in [0.5, 0.6) is 0 Å². The third-order valence-corrected chi connectivity index (χ3v) is 3.25. The fourth-order valence-electron chi connectivity index (χ4n) is 1.94. The fraction of sp³-hybridized carbons (Fsp3) is 0.538. The van der Waals surface area contributed by atoms with Gasteiger partial charge in [-0.25, -0.2) is 0 Å². The Kier molecular flexibility index (Phi) is 3.03. The Labute approximate surface area is 96.4 Å². The van der Waals surface area contributed by atoms with Crippen molar-refractivity contribution in [2.24, 2.45) is 5.41 Å². The normalized spacial score (nSPS) is 25.1. The van der Waals surface area contributed by atoms with Crippen molar-refractivity contribution in [1.29, 1.82) is 0 Å². The average molecular weight is 225 g/mol. The molecule has 0 spiro atoms. The molecule has 2 heteroatoms. The zero-order valence-electron chi connectivity index (χ0n) is 9.29. The third kappa shape index (κ3) is 2.73. The largest absolute Gasteiger partial charge is 0.373 e. The second kappa shape index (κ2) is 4.15. The number of rotatable bonds is 1. The Morgan fingerprint density at radius 2 is 1.93 bits per heavy atom. The highest BCUT2D eigenvalue weighted by atomic mass is 35.5. The summed E-state index contributed by atoms with van der Waals surface area (Å²) in [6, 6.07) is 7.98. The molecule has 82 valence electrons. The van der Waals surface area contributed by atoms with Crippen LogP contribution in [-0.4, -0.2) is 6.61 Å². The van der Waals surface area contributed by atoms with Crippen LogP contribution in [0.4, 0.5) is 0 Å². The zero-order valence-corrected chi connectivity index (χ0v) is 10.1. The first-order valence-electron chi connectivity index (χ1n) is 5.44. The fourth-order valence-corrected chi connectivity index (χ4v) is 2.07. The summed E-state index contributed by atoms with van der Waals surface area (Å²) in [5.41, 5.74) is 1.58. The van der Waals surface area contributed by atoms with Crippen molar-refractivity contribution in [3.63, 3.8) is 0 Å². The Hall–Kier alpha value is -0.530. The summed E-state index contributed by atoms with van der Waals surface area (Å²) in [6.45, 7) is 5.36. The second-order valence-corrected chi connectivity index (χ2v) is 5.49. The van der Waals surface area contributed by atoms with E-state index in [1.54, 1.807) is 0 Å². The molecule has 0 radical (unpaired) electrons. The highest BCUT2D eigenvalue weighted by molar-refractivity contribution is 6.30. The van der Waals surface area contributed by atoms with Gasteiger partial charge < -0.3 is 4.74 Å². The van der Waals surface area contributed by atoms with Crippen LogP contribution in [0.25, 0.3) is 0 Å². The number of hydrogen-bond acceptors (Lipinski definition) is 1. The maximum absolute atomic E-state index is 5.88. The summed E-state index contributed by atoms with van der Waals surface area (Å²) in [5.74, 6) is 0. The van der Waals surface area contributed by atoms with E-state index in [0.29, 0.717) is 5.41 Å². The molecule has 1 atom stereocenters. The molecule has 0 N–H and O–H groups in total. The molecule has 0 aliphatic carbocycles. The molecule has 1 fully saturated rings. The molecule has 0 aromatic heterocycles. The lowest BCUT2D eigenvalue weighted by Gasteiger charge is -2.34. The number of ether oxygens (including phenoxy) is 1. The maximum Gasteiger partial charge on any atom is 0.0825 e. The van der Waals surface area contributed by atoms with Gasteiger partial charge in [0.2, 0.25) is 0 Å². The van der Waals surface area contributed by atoms with Gasteiger partial charge in [-0.1, -0.05) is 37.6 Å². The topological polar surface area (TPSA) is 9.23 Å². The summed E-state index contributed by atoms with van der Waals surface area (Å²) in [5, 5.41) is 0.787. The predicted octanol–water partition coefficient (Wildman–Crippen LogP) is 4.22. The van der Waals surface area contributed by atoms with Gasteiger partial charge in [-0.15, -0.1) is 0 Å². The standard InChI is InChI=1S/C13H17ClO/c1-13(2)8-7-12(15-9-13)10-3-5-11(14)6-4-10/h3-6,12H,7-9H2,1-2H3. The van der Waals surface area contributed by atoms with E-state index in [0.717, 1.165) is 18.1 Å². The summed E-state index contributed by atoms with van der Waals surface area (Å²) < 4.78 is 5.88. The average Bonchev–Trinajstić information content (AvgIpc) is 2.20. The van der Waals surface area contributed by atoms with Crippen LogP contribution in [0.3, 0.4) is 0 Å². The van der Waals surface area contributed by atoms with E-state index in [4.69, 9.17) is 16.3 Å². The summed E-state index contributed by atoms with van der Waals surface area (Å²) in [7, 11) is 0. The molecule has 1 aromatic rings. The molecule has 1 aliphatic heterocycles. The van der Waals surface area contributed by atoms with Gasteiger partial charge in [0.15, 0.2) is 0 Å². The van der Waals surface area contributed by atoms with Gasteiger partial charge in [0.25, 0.3) is 0 Å². The predicted molar refractivity (Wildman–Crippen MR) is 63.2 cm³/mol. The lowest BCUT2D eigenvalue weighted by atomic mass is 9.84. The molecule has 1 saturated heterocycles. The zero-order chi connectivity index (χ0) is 10.9. The van der Waals surface area contributed by atoms with Gasteiger partial charge in [-0.3, -0.25) is 0 Å². The first kappa shape index (κ1) is 11.0. The monoisotopic (exact) mass is 224 g/mol. The van der Waals surface area contributed by atoms with Gasteiger partial charge >= 0.3 is 0 Å². The molecular formula is C13H17ClO. The summed E-state index contributed by atoms with van der Waals surface area (Å²) in [6.07, 6.45) is 2.59. The van der Waals surface area contributed by atoms with Crippen LogP contribution in [0, 0.1) is 5.41 Å². The lowest BCUT2D eigenvalue weighted by Crippen LogP contribution is -2.27. The van der Waals surface area contributed by atoms with Crippen molar-refractivity contribution >= 4 is 11.6 Å². The molecule has 2 rings (SSSR count). The van der Waals surface area contributed by atoms with Gasteiger partial charge in [0.1, 0.15) is 0 Å². The molecule has 1 heterocycles. The highest BCUT2D eigenvalue weighted by Gasteiger charge is 2.28. The van der Waals surface area contributed by atoms with Crippen molar-refractivity contribution in [3.05, 3.63) is 34.9 Å². The Morgan fingerprint density at radius 1 is 1.27 bits per heavy atom. The minimum atomic E-state index is 0.260. The van der Waals surface area contributed by atoms with Gasteiger partial charge in [-0.05, 0) is 36.0 Å². The van der Waals surface area contributed by atoms with E-state index in [-0.39, 0.29) is 6.10 Å². The Bertz CT molecular complexity index is 319. The van der Waals surface area contributed by atoms with Crippen LogP contribution >= 0.6 is 11.6 Å². The molecule has 15 heavy (non-hydrogen) atoms. The Morgan fingerprint density at radius 3 is 2.47 bits per heavy atom. The second-order valence-electron chi connectivity index (χ2n) is 5.05. The highest BCUT2D eigenvalue weighted by Crippen LogP contribution is 2.37. The van der Waals surface area contributed by atoms with Crippen molar-refractivity contribution in [2.75, 3.05) is 6.61 Å². The van der Waals surface area contributed by atoms with E-state index in [1.807, 2.05) is 12.1 Å². The first-order valence-corrected chi connectivity index (χ1v) is 5.82. The minimum Gasteiger partial charge on any atom is -0.373 e. The van der Waals surface area contributed by atoms with Crippen molar-refractivity contribution < 1.29 is 4.74 Å². The van der Waals surface area contributed by atoms with Crippen LogP contribution in [0.2, 0.25) is 5.02 Å². The first-order chi connectivity index (χ1) is 7.07. The molecule has 1 aliphatic rings. The molecule has 0 saturated carbocycles. The maximum atomic E-state index is 5.88. The van der Waals surface area contributed by atoms with Crippen LogP contribution < -0.4 is 0 Å². The molecular weight excluding hydrogens is 208 g/mol. The number of halogens is 1. The molecule has 0 amide bonds. The van der Waals surface area contributed by atoms with Crippen molar-refractivity contribution in [1.82, 2.24) is 0 Å². The molecule has 1 aromatic carbocycles. The molecule has 1 nitrogen and oxygen atoms in total. The van der Waals surface area contributed by atoms with E-state index in [2.05, 4.69) is 26.0 Å². The van der Waals surface area contributed by atoms with Crippen LogP contribution in [0.1, 0.15) is 38.4 Å². The van der Waals surface area contributed by atoms with Gasteiger partial charge in [-0.2, -0.15) is 0 Å².